The zero-order chi connectivity index (χ0) is 9.64. The molecular formula is C13H14FeO. The fourth-order valence-electron chi connectivity index (χ4n) is 1.32. The summed E-state index contributed by atoms with van der Waals surface area (Å²) in [6.45, 7) is 0.963. The molecule has 80 valence electrons. The van der Waals surface area contributed by atoms with E-state index < -0.39 is 0 Å². The van der Waals surface area contributed by atoms with E-state index in [9.17, 15) is 0 Å². The van der Waals surface area contributed by atoms with E-state index in [0.717, 1.165) is 13.0 Å². The molecule has 1 aliphatic rings. The molecule has 1 unspecified atom stereocenters. The van der Waals surface area contributed by atoms with Crippen LogP contribution in [0.25, 0.3) is 0 Å². The molecule has 1 saturated heterocycles. The molecule has 0 amide bonds. The van der Waals surface area contributed by atoms with Crippen LogP contribution in [0, 0.1) is 0 Å². The Labute approximate surface area is 101 Å². The third-order valence-corrected chi connectivity index (χ3v) is 2.15. The molecule has 0 aliphatic carbocycles. The van der Waals surface area contributed by atoms with Crippen LogP contribution in [0.1, 0.15) is 5.56 Å². The van der Waals surface area contributed by atoms with E-state index in [4.69, 9.17) is 4.74 Å². The summed E-state index contributed by atoms with van der Waals surface area (Å²) in [7, 11) is 0. The average Bonchev–Trinajstić information content (AvgIpc) is 2.76. The van der Waals surface area contributed by atoms with Crippen LogP contribution in [0.2, 0.25) is 0 Å². The summed E-state index contributed by atoms with van der Waals surface area (Å²) < 4.78 is 5.08. The molecule has 1 fully saturated rings. The summed E-state index contributed by atoms with van der Waals surface area (Å²) in [6, 6.07) is 18.4. The first-order chi connectivity index (χ1) is 6.95. The molecule has 15 heavy (non-hydrogen) atoms. The SMILES string of the molecule is [Fe+2].c1c[cH-]c(CC2CO2)c1.c1cc[cH-]c1. The smallest absolute Gasteiger partial charge is 0.373 e. The van der Waals surface area contributed by atoms with E-state index in [1.807, 2.05) is 30.3 Å². The van der Waals surface area contributed by atoms with Gasteiger partial charge >= 0.3 is 17.1 Å². The Balaban J connectivity index is 0.000000162. The topological polar surface area (TPSA) is 12.5 Å². The zero-order valence-electron chi connectivity index (χ0n) is 8.45. The average molecular weight is 242 g/mol. The van der Waals surface area contributed by atoms with Gasteiger partial charge in [0.15, 0.2) is 0 Å². The first-order valence-corrected chi connectivity index (χ1v) is 4.94. The first kappa shape index (κ1) is 12.3. The van der Waals surface area contributed by atoms with Crippen molar-refractivity contribution in [3.8, 4) is 0 Å². The summed E-state index contributed by atoms with van der Waals surface area (Å²) in [6.07, 6.45) is 1.64. The van der Waals surface area contributed by atoms with Crippen molar-refractivity contribution in [2.75, 3.05) is 6.61 Å². The van der Waals surface area contributed by atoms with Gasteiger partial charge in [-0.3, -0.25) is 0 Å². The van der Waals surface area contributed by atoms with Gasteiger partial charge in [0.25, 0.3) is 0 Å². The Bertz CT molecular complexity index is 302. The molecule has 3 rings (SSSR count). The van der Waals surface area contributed by atoms with E-state index in [1.54, 1.807) is 0 Å². The van der Waals surface area contributed by atoms with Crippen LogP contribution in [0.15, 0.2) is 54.6 Å². The maximum atomic E-state index is 5.08. The quantitative estimate of drug-likeness (QED) is 0.448. The van der Waals surface area contributed by atoms with Crippen LogP contribution in [0.3, 0.4) is 0 Å². The molecule has 2 aromatic rings. The van der Waals surface area contributed by atoms with Gasteiger partial charge in [0.1, 0.15) is 0 Å². The molecule has 2 heteroatoms. The molecule has 1 nitrogen and oxygen atoms in total. The molecule has 0 bridgehead atoms. The van der Waals surface area contributed by atoms with Crippen molar-refractivity contribution < 1.29 is 21.8 Å². The number of hydrogen-bond donors (Lipinski definition) is 0. The van der Waals surface area contributed by atoms with E-state index >= 15 is 0 Å². The molecule has 0 spiro atoms. The van der Waals surface area contributed by atoms with Crippen LogP contribution >= 0.6 is 0 Å². The van der Waals surface area contributed by atoms with Crippen LogP contribution in [-0.4, -0.2) is 12.7 Å². The molecule has 0 N–H and O–H groups in total. The summed E-state index contributed by atoms with van der Waals surface area (Å²) >= 11 is 0. The van der Waals surface area contributed by atoms with Crippen molar-refractivity contribution >= 4 is 0 Å². The molecule has 1 aliphatic heterocycles. The minimum atomic E-state index is 0. The number of rotatable bonds is 2. The Morgan fingerprint density at radius 2 is 1.93 bits per heavy atom. The summed E-state index contributed by atoms with van der Waals surface area (Å²) in [5.41, 5.74) is 1.40. The maximum absolute atomic E-state index is 5.08. The summed E-state index contributed by atoms with van der Waals surface area (Å²) in [5.74, 6) is 0. The molecular weight excluding hydrogens is 228 g/mol. The molecule has 1 atom stereocenters. The largest absolute Gasteiger partial charge is 2.00 e. The van der Waals surface area contributed by atoms with Gasteiger partial charge in [-0.1, -0.05) is 0 Å². The van der Waals surface area contributed by atoms with Gasteiger partial charge in [0.05, 0.1) is 12.7 Å². The second-order valence-electron chi connectivity index (χ2n) is 3.41. The molecule has 0 aromatic heterocycles. The van der Waals surface area contributed by atoms with Gasteiger partial charge in [0, 0.05) is 0 Å². The molecule has 2 aromatic carbocycles. The van der Waals surface area contributed by atoms with Crippen LogP contribution in [0.4, 0.5) is 0 Å². The standard InChI is InChI=1S/C8H9O.C5H5.Fe/c1-2-4-7(3-1)5-8-6-9-8;1-2-4-5-3-1;/h1-4,8H,5-6H2;1-5H;/q2*-1;+2. The predicted molar refractivity (Wildman–Crippen MR) is 57.5 cm³/mol. The normalized spacial score (nSPS) is 17.2. The van der Waals surface area contributed by atoms with Gasteiger partial charge in [0.2, 0.25) is 0 Å². The van der Waals surface area contributed by atoms with E-state index in [2.05, 4.69) is 24.3 Å². The Morgan fingerprint density at radius 3 is 2.33 bits per heavy atom. The summed E-state index contributed by atoms with van der Waals surface area (Å²) in [5, 5.41) is 0. The second kappa shape index (κ2) is 6.62. The zero-order valence-corrected chi connectivity index (χ0v) is 9.55. The van der Waals surface area contributed by atoms with Gasteiger partial charge in [-0.2, -0.15) is 35.9 Å². The van der Waals surface area contributed by atoms with E-state index in [0.29, 0.717) is 6.10 Å². The minimum Gasteiger partial charge on any atom is -0.373 e. The van der Waals surface area contributed by atoms with Crippen LogP contribution < -0.4 is 0 Å². The fourth-order valence-corrected chi connectivity index (χ4v) is 1.32. The van der Waals surface area contributed by atoms with Gasteiger partial charge in [-0.05, 0) is 6.42 Å². The Kier molecular flexibility index (Phi) is 5.41. The van der Waals surface area contributed by atoms with Gasteiger partial charge in [-0.25, -0.2) is 24.3 Å². The fraction of sp³-hybridized carbons (Fsp3) is 0.231. The molecule has 1 heterocycles. The minimum absolute atomic E-state index is 0. The maximum Gasteiger partial charge on any atom is 2.00 e. The van der Waals surface area contributed by atoms with Gasteiger partial charge < -0.3 is 4.74 Å². The van der Waals surface area contributed by atoms with E-state index in [1.165, 1.54) is 5.56 Å². The second-order valence-corrected chi connectivity index (χ2v) is 3.41. The predicted octanol–water partition coefficient (Wildman–Crippen LogP) is 2.75. The van der Waals surface area contributed by atoms with Crippen molar-refractivity contribution in [2.24, 2.45) is 0 Å². The number of ether oxygens (including phenoxy) is 1. The molecule has 0 saturated carbocycles. The van der Waals surface area contributed by atoms with Crippen molar-refractivity contribution in [3.63, 3.8) is 0 Å². The van der Waals surface area contributed by atoms with E-state index in [-0.39, 0.29) is 17.1 Å². The Hall–Kier alpha value is -0.821. The van der Waals surface area contributed by atoms with Crippen LogP contribution in [0.5, 0.6) is 0 Å². The summed E-state index contributed by atoms with van der Waals surface area (Å²) in [4.78, 5) is 0. The molecule has 0 radical (unpaired) electrons. The number of hydrogen-bond acceptors (Lipinski definition) is 1. The third kappa shape index (κ3) is 4.98. The third-order valence-electron chi connectivity index (χ3n) is 2.15. The monoisotopic (exact) mass is 242 g/mol. The Morgan fingerprint density at radius 1 is 1.20 bits per heavy atom. The van der Waals surface area contributed by atoms with Crippen molar-refractivity contribution in [3.05, 3.63) is 60.2 Å². The van der Waals surface area contributed by atoms with Crippen LogP contribution in [-0.2, 0) is 28.2 Å². The van der Waals surface area contributed by atoms with Crippen molar-refractivity contribution in [2.45, 2.75) is 12.5 Å². The van der Waals surface area contributed by atoms with Crippen molar-refractivity contribution in [1.82, 2.24) is 0 Å². The van der Waals surface area contributed by atoms with Crippen molar-refractivity contribution in [1.29, 1.82) is 0 Å². The number of epoxide rings is 1. The van der Waals surface area contributed by atoms with Gasteiger partial charge in [-0.15, -0.1) is 0 Å². The first-order valence-electron chi connectivity index (χ1n) is 4.94.